The van der Waals surface area contributed by atoms with Crippen molar-refractivity contribution in [2.24, 2.45) is 16.8 Å². The molecule has 0 spiro atoms. The number of alkyl halides is 3. The number of H-pyrrole nitrogens is 1. The van der Waals surface area contributed by atoms with Crippen molar-refractivity contribution in [3.8, 4) is 11.4 Å². The van der Waals surface area contributed by atoms with Crippen LogP contribution in [0.15, 0.2) is 17.0 Å². The molecule has 0 bridgehead atoms. The third kappa shape index (κ3) is 3.96. The van der Waals surface area contributed by atoms with Crippen molar-refractivity contribution in [1.82, 2.24) is 20.6 Å². The number of primary sulfonamides is 1. The van der Waals surface area contributed by atoms with Crippen LogP contribution in [0.1, 0.15) is 42.7 Å². The number of rotatable bonds is 4. The summed E-state index contributed by atoms with van der Waals surface area (Å²) in [4.78, 5) is -1.01. The lowest BCUT2D eigenvalue weighted by molar-refractivity contribution is -0.139. The van der Waals surface area contributed by atoms with Crippen LogP contribution >= 0.6 is 0 Å². The molecule has 148 valence electrons. The van der Waals surface area contributed by atoms with E-state index in [1.54, 1.807) is 0 Å². The van der Waals surface area contributed by atoms with Crippen LogP contribution < -0.4 is 10.9 Å². The number of aromatic nitrogens is 4. The summed E-state index contributed by atoms with van der Waals surface area (Å²) in [7, 11) is -4.71. The van der Waals surface area contributed by atoms with Crippen molar-refractivity contribution < 1.29 is 21.6 Å². The van der Waals surface area contributed by atoms with E-state index in [-0.39, 0.29) is 17.3 Å². The second-order valence-electron chi connectivity index (χ2n) is 6.65. The van der Waals surface area contributed by atoms with Crippen LogP contribution in [0, 0.1) is 5.92 Å². The largest absolute Gasteiger partial charge is 0.417 e. The molecule has 1 heterocycles. The fourth-order valence-electron chi connectivity index (χ4n) is 3.68. The van der Waals surface area contributed by atoms with Gasteiger partial charge in [0.1, 0.15) is 4.90 Å². The summed E-state index contributed by atoms with van der Waals surface area (Å²) in [6, 6.07) is 2.06. The number of nitrogens with two attached hydrogens (primary N) is 2. The highest BCUT2D eigenvalue weighted by atomic mass is 32.2. The summed E-state index contributed by atoms with van der Waals surface area (Å²) >= 11 is 0. The molecule has 0 radical (unpaired) electrons. The molecule has 1 saturated carbocycles. The normalized spacial score (nSPS) is 21.4. The molecule has 1 aliphatic rings. The van der Waals surface area contributed by atoms with E-state index in [2.05, 4.69) is 20.6 Å². The van der Waals surface area contributed by atoms with Crippen molar-refractivity contribution in [3.63, 3.8) is 0 Å². The van der Waals surface area contributed by atoms with Gasteiger partial charge >= 0.3 is 6.18 Å². The van der Waals surface area contributed by atoms with Crippen LogP contribution in [-0.2, 0) is 16.2 Å². The van der Waals surface area contributed by atoms with E-state index in [0.717, 1.165) is 18.9 Å². The molecule has 12 heteroatoms. The molecule has 0 aliphatic heterocycles. The van der Waals surface area contributed by atoms with Gasteiger partial charge in [0.2, 0.25) is 10.0 Å². The molecule has 0 saturated heterocycles. The number of aromatic amines is 1. The minimum Gasteiger partial charge on any atom is -0.330 e. The first-order chi connectivity index (χ1) is 12.6. The minimum atomic E-state index is -4.90. The van der Waals surface area contributed by atoms with E-state index >= 15 is 0 Å². The van der Waals surface area contributed by atoms with Crippen molar-refractivity contribution in [2.45, 2.75) is 42.7 Å². The average molecular weight is 404 g/mol. The monoisotopic (exact) mass is 404 g/mol. The molecular formula is C15H19F3N6O2S. The third-order valence-electron chi connectivity index (χ3n) is 4.98. The molecule has 2 aromatic rings. The van der Waals surface area contributed by atoms with E-state index in [9.17, 15) is 21.6 Å². The van der Waals surface area contributed by atoms with Gasteiger partial charge in [-0.25, -0.2) is 18.7 Å². The van der Waals surface area contributed by atoms with E-state index in [1.165, 1.54) is 6.07 Å². The van der Waals surface area contributed by atoms with Gasteiger partial charge in [0.15, 0.2) is 5.82 Å². The van der Waals surface area contributed by atoms with Crippen LogP contribution in [0.3, 0.4) is 0 Å². The first-order valence-electron chi connectivity index (χ1n) is 8.34. The quantitative estimate of drug-likeness (QED) is 0.709. The van der Waals surface area contributed by atoms with Crippen LogP contribution in [0.5, 0.6) is 0 Å². The topological polar surface area (TPSA) is 141 Å². The Morgan fingerprint density at radius 3 is 2.33 bits per heavy atom. The zero-order chi connectivity index (χ0) is 19.8. The average Bonchev–Trinajstić information content (AvgIpc) is 3.13. The highest BCUT2D eigenvalue weighted by Crippen LogP contribution is 2.45. The molecule has 8 nitrogen and oxygen atoms in total. The zero-order valence-corrected chi connectivity index (χ0v) is 15.0. The minimum absolute atomic E-state index is 0.143. The molecule has 5 N–H and O–H groups in total. The van der Waals surface area contributed by atoms with E-state index in [1.807, 2.05) is 0 Å². The summed E-state index contributed by atoms with van der Waals surface area (Å²) in [6.45, 7) is 0.543. The maximum absolute atomic E-state index is 13.5. The predicted octanol–water partition coefficient (Wildman–Crippen LogP) is 1.77. The number of tetrazole rings is 1. The van der Waals surface area contributed by atoms with Gasteiger partial charge in [0, 0.05) is 5.56 Å². The second kappa shape index (κ2) is 7.17. The Kier molecular flexibility index (Phi) is 5.23. The fraction of sp³-hybridized carbons (Fsp3) is 0.533. The summed E-state index contributed by atoms with van der Waals surface area (Å²) in [5.41, 5.74) is 4.57. The maximum Gasteiger partial charge on any atom is 0.417 e. The number of hydrogen-bond donors (Lipinski definition) is 3. The Morgan fingerprint density at radius 2 is 1.85 bits per heavy atom. The summed E-state index contributed by atoms with van der Waals surface area (Å²) in [5.74, 6) is 0.0422. The second-order valence-corrected chi connectivity index (χ2v) is 8.15. The smallest absolute Gasteiger partial charge is 0.330 e. The SMILES string of the molecule is NC[C@H]1CC[C@@H](c2ccc(C(F)(F)F)c(S(N)(=O)=O)c2-c2nnn[nH]2)CC1. The molecule has 27 heavy (non-hydrogen) atoms. The molecule has 3 rings (SSSR count). The third-order valence-corrected chi connectivity index (χ3v) is 5.97. The van der Waals surface area contributed by atoms with Crippen molar-refractivity contribution >= 4 is 10.0 Å². The van der Waals surface area contributed by atoms with Crippen molar-refractivity contribution in [2.75, 3.05) is 6.54 Å². The van der Waals surface area contributed by atoms with Crippen molar-refractivity contribution in [1.29, 1.82) is 0 Å². The summed E-state index contributed by atoms with van der Waals surface area (Å²) in [5, 5.41) is 17.9. The lowest BCUT2D eigenvalue weighted by atomic mass is 9.77. The molecule has 0 atom stereocenters. The van der Waals surface area contributed by atoms with Crippen molar-refractivity contribution in [3.05, 3.63) is 23.3 Å². The Morgan fingerprint density at radius 1 is 1.19 bits per heavy atom. The van der Waals surface area contributed by atoms with E-state index in [4.69, 9.17) is 10.9 Å². The van der Waals surface area contributed by atoms with Gasteiger partial charge in [-0.1, -0.05) is 6.07 Å². The van der Waals surface area contributed by atoms with Gasteiger partial charge in [-0.3, -0.25) is 0 Å². The van der Waals surface area contributed by atoms with Crippen LogP contribution in [-0.4, -0.2) is 35.6 Å². The molecule has 1 aromatic carbocycles. The fourth-order valence-corrected chi connectivity index (χ4v) is 4.66. The first kappa shape index (κ1) is 19.7. The van der Waals surface area contributed by atoms with Gasteiger partial charge in [0.25, 0.3) is 0 Å². The molecule has 0 amide bonds. The van der Waals surface area contributed by atoms with Gasteiger partial charge < -0.3 is 5.73 Å². The maximum atomic E-state index is 13.5. The predicted molar refractivity (Wildman–Crippen MR) is 89.7 cm³/mol. The summed E-state index contributed by atoms with van der Waals surface area (Å²) in [6.07, 6.45) is -1.95. The molecule has 1 fully saturated rings. The Hall–Kier alpha value is -2.05. The van der Waals surface area contributed by atoms with E-state index in [0.29, 0.717) is 30.9 Å². The highest BCUT2D eigenvalue weighted by Gasteiger charge is 2.40. The zero-order valence-electron chi connectivity index (χ0n) is 14.2. The van der Waals surface area contributed by atoms with Crippen LogP contribution in [0.2, 0.25) is 0 Å². The number of hydrogen-bond acceptors (Lipinski definition) is 6. The standard InChI is InChI=1S/C15H19F3N6O2S/c16-15(17,18)11-6-5-10(9-3-1-8(7-19)2-4-9)12(13(11)27(20,25)26)14-21-23-24-22-14/h5-6,8-9H,1-4,7,19H2,(H2,20,25,26)(H,21,22,23,24)/t8-,9+. The Bertz CT molecular complexity index is 906. The van der Waals surface area contributed by atoms with Gasteiger partial charge in [-0.2, -0.15) is 13.2 Å². The highest BCUT2D eigenvalue weighted by molar-refractivity contribution is 7.89. The van der Waals surface area contributed by atoms with Crippen LogP contribution in [0.25, 0.3) is 11.4 Å². The van der Waals surface area contributed by atoms with Gasteiger partial charge in [-0.15, -0.1) is 5.10 Å². The number of nitrogens with one attached hydrogen (secondary N) is 1. The first-order valence-corrected chi connectivity index (χ1v) is 9.88. The molecule has 0 unspecified atom stereocenters. The number of benzene rings is 1. The van der Waals surface area contributed by atoms with Gasteiger partial charge in [-0.05, 0) is 66.1 Å². The number of nitrogens with zero attached hydrogens (tertiary/aromatic N) is 3. The number of sulfonamides is 1. The Labute approximate surface area is 153 Å². The lowest BCUT2D eigenvalue weighted by Crippen LogP contribution is -2.24. The molecular weight excluding hydrogens is 385 g/mol. The van der Waals surface area contributed by atoms with Gasteiger partial charge in [0.05, 0.1) is 5.56 Å². The summed E-state index contributed by atoms with van der Waals surface area (Å²) < 4.78 is 64.7. The van der Waals surface area contributed by atoms with Crippen LogP contribution in [0.4, 0.5) is 13.2 Å². The van der Waals surface area contributed by atoms with E-state index < -0.39 is 26.7 Å². The molecule has 1 aliphatic carbocycles. The number of halogens is 3. The Balaban J connectivity index is 2.24. The molecule has 1 aromatic heterocycles. The lowest BCUT2D eigenvalue weighted by Gasteiger charge is -2.30.